The normalized spacial score (nSPS) is 26.2. The van der Waals surface area contributed by atoms with Gasteiger partial charge in [0.2, 0.25) is 0 Å². The van der Waals surface area contributed by atoms with Crippen molar-refractivity contribution < 1.29 is 9.53 Å². The summed E-state index contributed by atoms with van der Waals surface area (Å²) in [5.41, 5.74) is 0.922. The monoisotopic (exact) mass is 316 g/mol. The van der Waals surface area contributed by atoms with E-state index in [4.69, 9.17) is 4.74 Å². The first kappa shape index (κ1) is 16.3. The second-order valence-corrected chi connectivity index (χ2v) is 7.83. The molecule has 3 rings (SSSR count). The molecule has 126 valence electrons. The molecule has 1 aromatic rings. The zero-order valence-electron chi connectivity index (χ0n) is 14.7. The highest BCUT2D eigenvalue weighted by Crippen LogP contribution is 2.38. The van der Waals surface area contributed by atoms with Gasteiger partial charge < -0.3 is 9.64 Å². The highest BCUT2D eigenvalue weighted by molar-refractivity contribution is 5.68. The third-order valence-corrected chi connectivity index (χ3v) is 5.02. The van der Waals surface area contributed by atoms with Crippen LogP contribution in [0.4, 0.5) is 4.79 Å². The van der Waals surface area contributed by atoms with Crippen LogP contribution in [-0.2, 0) is 4.74 Å². The van der Waals surface area contributed by atoms with Crippen molar-refractivity contribution >= 4 is 6.09 Å². The highest BCUT2D eigenvalue weighted by atomic mass is 16.6. The number of fused-ring (bicyclic) bond motifs is 1. The highest BCUT2D eigenvalue weighted by Gasteiger charge is 2.46. The summed E-state index contributed by atoms with van der Waals surface area (Å²) in [5.74, 6) is 0.722. The number of hydrogen-bond donors (Lipinski definition) is 0. The van der Waals surface area contributed by atoms with Crippen LogP contribution in [-0.4, -0.2) is 47.2 Å². The van der Waals surface area contributed by atoms with E-state index in [1.807, 2.05) is 25.7 Å². The number of carbonyl (C=O) groups is 1. The van der Waals surface area contributed by atoms with E-state index < -0.39 is 5.60 Å². The summed E-state index contributed by atoms with van der Waals surface area (Å²) in [4.78, 5) is 16.7. The van der Waals surface area contributed by atoms with Crippen molar-refractivity contribution in [2.24, 2.45) is 5.92 Å². The predicted molar refractivity (Wildman–Crippen MR) is 91.3 cm³/mol. The molecule has 23 heavy (non-hydrogen) atoms. The summed E-state index contributed by atoms with van der Waals surface area (Å²) in [7, 11) is 0. The van der Waals surface area contributed by atoms with Crippen LogP contribution in [0.25, 0.3) is 0 Å². The van der Waals surface area contributed by atoms with E-state index in [1.54, 1.807) is 0 Å². The Kier molecular flexibility index (Phi) is 4.37. The van der Waals surface area contributed by atoms with Crippen LogP contribution in [0.3, 0.4) is 0 Å². The largest absolute Gasteiger partial charge is 0.444 e. The predicted octanol–water partition coefficient (Wildman–Crippen LogP) is 3.69. The van der Waals surface area contributed by atoms with E-state index in [0.717, 1.165) is 32.0 Å². The summed E-state index contributed by atoms with van der Waals surface area (Å²) in [6.07, 6.45) is 0.914. The van der Waals surface area contributed by atoms with Crippen molar-refractivity contribution in [3.8, 4) is 0 Å². The Balaban J connectivity index is 1.63. The smallest absolute Gasteiger partial charge is 0.410 e. The summed E-state index contributed by atoms with van der Waals surface area (Å²) in [6, 6.07) is 11.5. The molecule has 0 spiro atoms. The van der Waals surface area contributed by atoms with E-state index in [-0.39, 0.29) is 6.09 Å². The van der Waals surface area contributed by atoms with E-state index in [0.29, 0.717) is 12.1 Å². The second kappa shape index (κ2) is 6.16. The molecule has 0 radical (unpaired) electrons. The van der Waals surface area contributed by atoms with E-state index >= 15 is 0 Å². The van der Waals surface area contributed by atoms with Gasteiger partial charge in [0.1, 0.15) is 5.60 Å². The summed E-state index contributed by atoms with van der Waals surface area (Å²) < 4.78 is 5.53. The Labute approximate surface area is 139 Å². The van der Waals surface area contributed by atoms with Crippen molar-refractivity contribution in [2.75, 3.05) is 19.6 Å². The SMILES string of the molecule is C[C@@H](c1ccccc1)N1CC2CCN(C(=O)OC(C)(C)C)CC21. The number of hydrogen-bond acceptors (Lipinski definition) is 3. The quantitative estimate of drug-likeness (QED) is 0.834. The molecule has 3 atom stereocenters. The summed E-state index contributed by atoms with van der Waals surface area (Å²) in [6.45, 7) is 10.8. The van der Waals surface area contributed by atoms with Crippen molar-refractivity contribution in [1.82, 2.24) is 9.80 Å². The lowest BCUT2D eigenvalue weighted by atomic mass is 9.80. The third kappa shape index (κ3) is 3.52. The van der Waals surface area contributed by atoms with Gasteiger partial charge in [-0.3, -0.25) is 4.90 Å². The van der Waals surface area contributed by atoms with Crippen LogP contribution in [0, 0.1) is 5.92 Å². The van der Waals surface area contributed by atoms with Crippen LogP contribution in [0.15, 0.2) is 30.3 Å². The third-order valence-electron chi connectivity index (χ3n) is 5.02. The number of rotatable bonds is 2. The fourth-order valence-corrected chi connectivity index (χ4v) is 3.70. The fourth-order valence-electron chi connectivity index (χ4n) is 3.70. The van der Waals surface area contributed by atoms with Crippen molar-refractivity contribution in [3.05, 3.63) is 35.9 Å². The topological polar surface area (TPSA) is 32.8 Å². The number of ether oxygens (including phenoxy) is 1. The molecule has 1 amide bonds. The number of nitrogens with zero attached hydrogens (tertiary/aromatic N) is 2. The Hall–Kier alpha value is -1.55. The first-order valence-corrected chi connectivity index (χ1v) is 8.64. The first-order valence-electron chi connectivity index (χ1n) is 8.64. The molecule has 0 aromatic heterocycles. The zero-order chi connectivity index (χ0) is 16.6. The average Bonchev–Trinajstić information content (AvgIpc) is 2.47. The molecule has 2 fully saturated rings. The average molecular weight is 316 g/mol. The van der Waals surface area contributed by atoms with Crippen LogP contribution >= 0.6 is 0 Å². The van der Waals surface area contributed by atoms with Gasteiger partial charge in [-0.05, 0) is 45.6 Å². The van der Waals surface area contributed by atoms with Crippen molar-refractivity contribution in [3.63, 3.8) is 0 Å². The number of piperidine rings is 1. The Morgan fingerprint density at radius 3 is 2.57 bits per heavy atom. The molecule has 2 aliphatic rings. The van der Waals surface area contributed by atoms with Crippen LogP contribution in [0.1, 0.15) is 45.7 Å². The Morgan fingerprint density at radius 2 is 1.91 bits per heavy atom. The van der Waals surface area contributed by atoms with Gasteiger partial charge in [0.05, 0.1) is 0 Å². The molecule has 4 heteroatoms. The fraction of sp³-hybridized carbons (Fsp3) is 0.632. The van der Waals surface area contributed by atoms with Gasteiger partial charge >= 0.3 is 6.09 Å². The van der Waals surface area contributed by atoms with Crippen LogP contribution < -0.4 is 0 Å². The Bertz CT molecular complexity index is 552. The minimum absolute atomic E-state index is 0.171. The van der Waals surface area contributed by atoms with Gasteiger partial charge in [-0.25, -0.2) is 4.79 Å². The molecule has 2 aliphatic heterocycles. The maximum atomic E-state index is 12.3. The first-order chi connectivity index (χ1) is 10.8. The van der Waals surface area contributed by atoms with Crippen molar-refractivity contribution in [2.45, 2.75) is 51.8 Å². The van der Waals surface area contributed by atoms with E-state index in [1.165, 1.54) is 5.56 Å². The number of carbonyl (C=O) groups excluding carboxylic acids is 1. The van der Waals surface area contributed by atoms with Gasteiger partial charge in [0.15, 0.2) is 0 Å². The standard InChI is InChI=1S/C19H28N2O2/c1-14(15-8-6-5-7-9-15)21-12-16-10-11-20(13-17(16)21)18(22)23-19(2,3)4/h5-9,14,16-17H,10-13H2,1-4H3/t14-,16?,17?/m0/s1. The van der Waals surface area contributed by atoms with E-state index in [2.05, 4.69) is 42.2 Å². The lowest BCUT2D eigenvalue weighted by molar-refractivity contribution is -0.0706. The summed E-state index contributed by atoms with van der Waals surface area (Å²) >= 11 is 0. The number of benzene rings is 1. The minimum Gasteiger partial charge on any atom is -0.444 e. The zero-order valence-corrected chi connectivity index (χ0v) is 14.7. The molecule has 0 N–H and O–H groups in total. The maximum Gasteiger partial charge on any atom is 0.410 e. The minimum atomic E-state index is -0.426. The molecule has 1 aromatic carbocycles. The molecular formula is C19H28N2O2. The van der Waals surface area contributed by atoms with Crippen molar-refractivity contribution in [1.29, 1.82) is 0 Å². The molecule has 2 unspecified atom stereocenters. The molecule has 0 aliphatic carbocycles. The maximum absolute atomic E-state index is 12.3. The lowest BCUT2D eigenvalue weighted by Gasteiger charge is -2.55. The van der Waals surface area contributed by atoms with Crippen LogP contribution in [0.2, 0.25) is 0 Å². The van der Waals surface area contributed by atoms with Gasteiger partial charge in [-0.1, -0.05) is 30.3 Å². The van der Waals surface area contributed by atoms with Crippen LogP contribution in [0.5, 0.6) is 0 Å². The molecule has 0 bridgehead atoms. The summed E-state index contributed by atoms with van der Waals surface area (Å²) in [5, 5.41) is 0. The van der Waals surface area contributed by atoms with Gasteiger partial charge in [-0.15, -0.1) is 0 Å². The second-order valence-electron chi connectivity index (χ2n) is 7.83. The van der Waals surface area contributed by atoms with Gasteiger partial charge in [-0.2, -0.15) is 0 Å². The number of amides is 1. The molecule has 4 nitrogen and oxygen atoms in total. The lowest BCUT2D eigenvalue weighted by Crippen LogP contribution is -2.65. The van der Waals surface area contributed by atoms with E-state index in [9.17, 15) is 4.79 Å². The molecule has 0 saturated carbocycles. The van der Waals surface area contributed by atoms with Gasteiger partial charge in [0.25, 0.3) is 0 Å². The molecule has 2 heterocycles. The van der Waals surface area contributed by atoms with Gasteiger partial charge in [0, 0.05) is 31.7 Å². The Morgan fingerprint density at radius 1 is 1.22 bits per heavy atom. The molecular weight excluding hydrogens is 288 g/mol. The number of likely N-dealkylation sites (tertiary alicyclic amines) is 2. The molecule has 2 saturated heterocycles.